The third-order valence-electron chi connectivity index (χ3n) is 3.88. The van der Waals surface area contributed by atoms with Crippen molar-refractivity contribution in [3.05, 3.63) is 88.4 Å². The number of ketones is 1. The first-order valence-electron chi connectivity index (χ1n) is 7.76. The topological polar surface area (TPSA) is 68.0 Å². The van der Waals surface area contributed by atoms with E-state index in [1.54, 1.807) is 54.6 Å². The molecule has 1 atom stereocenters. The van der Waals surface area contributed by atoms with Crippen LogP contribution in [-0.4, -0.2) is 25.7 Å². The summed E-state index contributed by atoms with van der Waals surface area (Å²) >= 11 is 11.8. The van der Waals surface area contributed by atoms with Crippen molar-refractivity contribution >= 4 is 35.1 Å². The largest absolute Gasteiger partial charge is 0.375 e. The normalized spacial score (nSPS) is 13.7. The van der Waals surface area contributed by atoms with E-state index in [9.17, 15) is 9.90 Å². The highest BCUT2D eigenvalue weighted by Gasteiger charge is 2.37. The van der Waals surface area contributed by atoms with Crippen molar-refractivity contribution in [1.29, 1.82) is 0 Å². The first kappa shape index (κ1) is 18.3. The number of halogens is 2. The molecule has 3 rings (SSSR count). The van der Waals surface area contributed by atoms with Gasteiger partial charge >= 0.3 is 0 Å². The molecule has 0 bridgehead atoms. The fraction of sp³-hybridized carbons (Fsp3) is 0.105. The lowest BCUT2D eigenvalue weighted by molar-refractivity contribution is -0.134. The molecule has 0 saturated carbocycles. The molecular weight excluding hydrogens is 373 g/mol. The summed E-state index contributed by atoms with van der Waals surface area (Å²) in [6, 6.07) is 13.5. The number of hydrogen-bond donors (Lipinski definition) is 1. The minimum Gasteiger partial charge on any atom is -0.375 e. The average molecular weight is 388 g/mol. The summed E-state index contributed by atoms with van der Waals surface area (Å²) in [4.78, 5) is 16.7. The third kappa shape index (κ3) is 4.19. The lowest BCUT2D eigenvalue weighted by Crippen LogP contribution is -2.39. The summed E-state index contributed by atoms with van der Waals surface area (Å²) in [6.07, 6.45) is 5.75. The molecule has 0 saturated heterocycles. The zero-order chi connectivity index (χ0) is 18.6. The van der Waals surface area contributed by atoms with Crippen molar-refractivity contribution < 1.29 is 9.90 Å². The molecule has 26 heavy (non-hydrogen) atoms. The van der Waals surface area contributed by atoms with Gasteiger partial charge in [0.1, 0.15) is 12.7 Å². The second-order valence-electron chi connectivity index (χ2n) is 5.71. The third-order valence-corrected chi connectivity index (χ3v) is 4.39. The Bertz CT molecular complexity index is 907. The number of hydrogen-bond acceptors (Lipinski definition) is 4. The van der Waals surface area contributed by atoms with E-state index in [-0.39, 0.29) is 6.54 Å². The quantitative estimate of drug-likeness (QED) is 0.653. The molecule has 7 heteroatoms. The standard InChI is InChI=1S/C19H15Cl2N3O2/c20-16-6-1-14(2-7-16)3-10-18(25)19(26,11-24-13-22-12-23-24)15-4-8-17(21)9-5-15/h1-10,12-13,26H,11H2. The molecule has 2 aromatic carbocycles. The number of aromatic nitrogens is 3. The Morgan fingerprint density at radius 1 is 1.08 bits per heavy atom. The highest BCUT2D eigenvalue weighted by Crippen LogP contribution is 2.27. The molecule has 3 aromatic rings. The zero-order valence-corrected chi connectivity index (χ0v) is 15.1. The second-order valence-corrected chi connectivity index (χ2v) is 6.58. The summed E-state index contributed by atoms with van der Waals surface area (Å²) in [5.74, 6) is -0.481. The van der Waals surface area contributed by atoms with Gasteiger partial charge in [-0.2, -0.15) is 5.10 Å². The highest BCUT2D eigenvalue weighted by molar-refractivity contribution is 6.30. The molecule has 1 aromatic heterocycles. The van der Waals surface area contributed by atoms with Crippen LogP contribution in [0.1, 0.15) is 11.1 Å². The number of rotatable bonds is 6. The van der Waals surface area contributed by atoms with Crippen molar-refractivity contribution in [2.75, 3.05) is 0 Å². The Hall–Kier alpha value is -2.47. The fourth-order valence-electron chi connectivity index (χ4n) is 2.47. The average Bonchev–Trinajstić information content (AvgIpc) is 3.14. The Morgan fingerprint density at radius 2 is 1.69 bits per heavy atom. The van der Waals surface area contributed by atoms with Crippen LogP contribution in [0.4, 0.5) is 0 Å². The molecule has 0 spiro atoms. The van der Waals surface area contributed by atoms with Crippen molar-refractivity contribution in [3.63, 3.8) is 0 Å². The van der Waals surface area contributed by atoms with Crippen LogP contribution >= 0.6 is 23.2 Å². The maximum atomic E-state index is 12.9. The van der Waals surface area contributed by atoms with Gasteiger partial charge in [0.15, 0.2) is 11.4 Å². The number of carbonyl (C=O) groups is 1. The monoisotopic (exact) mass is 387 g/mol. The van der Waals surface area contributed by atoms with E-state index < -0.39 is 11.4 Å². The van der Waals surface area contributed by atoms with Gasteiger partial charge in [-0.25, -0.2) is 9.67 Å². The van der Waals surface area contributed by atoms with Crippen LogP contribution in [-0.2, 0) is 16.9 Å². The summed E-state index contributed by atoms with van der Waals surface area (Å²) < 4.78 is 1.41. The smallest absolute Gasteiger partial charge is 0.193 e. The first-order chi connectivity index (χ1) is 12.5. The van der Waals surface area contributed by atoms with E-state index in [1.807, 2.05) is 0 Å². The maximum Gasteiger partial charge on any atom is 0.193 e. The second kappa shape index (κ2) is 7.83. The fourth-order valence-corrected chi connectivity index (χ4v) is 2.72. The van der Waals surface area contributed by atoms with Crippen molar-refractivity contribution in [1.82, 2.24) is 14.8 Å². The number of carbonyl (C=O) groups excluding carboxylic acids is 1. The van der Waals surface area contributed by atoms with Crippen LogP contribution in [0.15, 0.2) is 67.3 Å². The van der Waals surface area contributed by atoms with Crippen LogP contribution in [0.5, 0.6) is 0 Å². The van der Waals surface area contributed by atoms with Crippen LogP contribution in [0.25, 0.3) is 6.08 Å². The van der Waals surface area contributed by atoms with Crippen molar-refractivity contribution in [2.45, 2.75) is 12.1 Å². The van der Waals surface area contributed by atoms with Gasteiger partial charge in [-0.3, -0.25) is 4.79 Å². The van der Waals surface area contributed by atoms with Gasteiger partial charge in [-0.15, -0.1) is 0 Å². The molecule has 0 aliphatic heterocycles. The van der Waals surface area contributed by atoms with E-state index >= 15 is 0 Å². The van der Waals surface area contributed by atoms with Gasteiger partial charge in [0, 0.05) is 10.0 Å². The van der Waals surface area contributed by atoms with Crippen LogP contribution < -0.4 is 0 Å². The molecule has 0 radical (unpaired) electrons. The molecule has 0 aliphatic carbocycles. The van der Waals surface area contributed by atoms with E-state index in [1.165, 1.54) is 23.4 Å². The molecule has 0 fully saturated rings. The van der Waals surface area contributed by atoms with Gasteiger partial charge in [0.2, 0.25) is 0 Å². The molecular formula is C19H15Cl2N3O2. The molecule has 1 N–H and O–H groups in total. The van der Waals surface area contributed by atoms with Gasteiger partial charge < -0.3 is 5.11 Å². The number of benzene rings is 2. The van der Waals surface area contributed by atoms with E-state index in [4.69, 9.17) is 23.2 Å². The molecule has 1 unspecified atom stereocenters. The summed E-state index contributed by atoms with van der Waals surface area (Å²) in [5.41, 5.74) is -0.591. The molecule has 5 nitrogen and oxygen atoms in total. The minimum atomic E-state index is -1.80. The maximum absolute atomic E-state index is 12.9. The number of nitrogens with zero attached hydrogens (tertiary/aromatic N) is 3. The molecule has 1 heterocycles. The van der Waals surface area contributed by atoms with E-state index in [0.29, 0.717) is 15.6 Å². The predicted molar refractivity (Wildman–Crippen MR) is 101 cm³/mol. The van der Waals surface area contributed by atoms with Gasteiger partial charge in [-0.05, 0) is 41.5 Å². The summed E-state index contributed by atoms with van der Waals surface area (Å²) in [6.45, 7) is -0.0710. The highest BCUT2D eigenvalue weighted by atomic mass is 35.5. The van der Waals surface area contributed by atoms with Crippen LogP contribution in [0, 0.1) is 0 Å². The van der Waals surface area contributed by atoms with Gasteiger partial charge in [0.05, 0.1) is 6.54 Å². The lowest BCUT2D eigenvalue weighted by atomic mass is 9.88. The molecule has 0 amide bonds. The zero-order valence-electron chi connectivity index (χ0n) is 13.6. The van der Waals surface area contributed by atoms with E-state index in [0.717, 1.165) is 5.56 Å². The van der Waals surface area contributed by atoms with Crippen molar-refractivity contribution in [3.8, 4) is 0 Å². The Balaban J connectivity index is 1.92. The first-order valence-corrected chi connectivity index (χ1v) is 8.52. The van der Waals surface area contributed by atoms with Crippen LogP contribution in [0.3, 0.4) is 0 Å². The van der Waals surface area contributed by atoms with Gasteiger partial charge in [-0.1, -0.05) is 53.5 Å². The van der Waals surface area contributed by atoms with E-state index in [2.05, 4.69) is 10.1 Å². The van der Waals surface area contributed by atoms with Crippen molar-refractivity contribution in [2.24, 2.45) is 0 Å². The Labute approximate surface area is 160 Å². The van der Waals surface area contributed by atoms with Crippen LogP contribution in [0.2, 0.25) is 10.0 Å². The predicted octanol–water partition coefficient (Wildman–Crippen LogP) is 3.76. The Morgan fingerprint density at radius 3 is 2.27 bits per heavy atom. The number of aliphatic hydroxyl groups is 1. The van der Waals surface area contributed by atoms with Gasteiger partial charge in [0.25, 0.3) is 0 Å². The Kier molecular flexibility index (Phi) is 5.52. The summed E-state index contributed by atoms with van der Waals surface area (Å²) in [5, 5.41) is 16.3. The molecule has 0 aliphatic rings. The molecule has 132 valence electrons. The lowest BCUT2D eigenvalue weighted by Gasteiger charge is -2.26. The minimum absolute atomic E-state index is 0.0710. The summed E-state index contributed by atoms with van der Waals surface area (Å²) in [7, 11) is 0. The SMILES string of the molecule is O=C(C=Cc1ccc(Cl)cc1)C(O)(Cn1cncn1)c1ccc(Cl)cc1.